The number of benzene rings is 1. The van der Waals surface area contributed by atoms with Crippen LogP contribution in [0.3, 0.4) is 0 Å². The van der Waals surface area contributed by atoms with Gasteiger partial charge in [-0.1, -0.05) is 53.2 Å². The Morgan fingerprint density at radius 1 is 1.38 bits per heavy atom. The number of hydrogen-bond donors (Lipinski definition) is 0. The lowest BCUT2D eigenvalue weighted by molar-refractivity contribution is 0.523. The van der Waals surface area contributed by atoms with E-state index >= 15 is 0 Å². The molecule has 2 atom stereocenters. The maximum atomic E-state index is 3.68. The van der Waals surface area contributed by atoms with Crippen molar-refractivity contribution in [2.75, 3.05) is 0 Å². The van der Waals surface area contributed by atoms with Gasteiger partial charge in [0.25, 0.3) is 0 Å². The lowest BCUT2D eigenvalue weighted by Crippen LogP contribution is -1.99. The van der Waals surface area contributed by atoms with Gasteiger partial charge in [0.2, 0.25) is 0 Å². The Labute approximate surface area is 88.5 Å². The van der Waals surface area contributed by atoms with E-state index < -0.39 is 0 Å². The highest BCUT2D eigenvalue weighted by molar-refractivity contribution is 9.09. The molecule has 0 aliphatic heterocycles. The first-order valence-corrected chi connectivity index (χ1v) is 5.80. The van der Waals surface area contributed by atoms with Crippen LogP contribution in [0.5, 0.6) is 0 Å². The van der Waals surface area contributed by atoms with Crippen LogP contribution < -0.4 is 0 Å². The van der Waals surface area contributed by atoms with Gasteiger partial charge in [-0.3, -0.25) is 0 Å². The summed E-state index contributed by atoms with van der Waals surface area (Å²) in [4.78, 5) is 0.767. The summed E-state index contributed by atoms with van der Waals surface area (Å²) >= 11 is 3.68. The first-order chi connectivity index (χ1) is 6.21. The van der Waals surface area contributed by atoms with Crippen molar-refractivity contribution in [3.05, 3.63) is 35.9 Å². The maximum Gasteiger partial charge on any atom is 0.0205 e. The van der Waals surface area contributed by atoms with Crippen molar-refractivity contribution in [1.29, 1.82) is 0 Å². The fourth-order valence-electron chi connectivity index (χ4n) is 1.68. The molecule has 1 aromatic rings. The summed E-state index contributed by atoms with van der Waals surface area (Å²) in [5.41, 5.74) is 2.05. The third-order valence-electron chi connectivity index (χ3n) is 3.07. The molecule has 70 valence electrons. The summed E-state index contributed by atoms with van der Waals surface area (Å²) < 4.78 is 0. The van der Waals surface area contributed by atoms with Crippen LogP contribution in [0, 0.1) is 5.41 Å². The van der Waals surface area contributed by atoms with Crippen LogP contribution in [-0.4, -0.2) is 4.83 Å². The summed E-state index contributed by atoms with van der Waals surface area (Å²) in [7, 11) is 0. The summed E-state index contributed by atoms with van der Waals surface area (Å²) in [5, 5.41) is 0. The van der Waals surface area contributed by atoms with Crippen molar-refractivity contribution < 1.29 is 0 Å². The molecule has 0 radical (unpaired) electrons. The van der Waals surface area contributed by atoms with Gasteiger partial charge < -0.3 is 0 Å². The summed E-state index contributed by atoms with van der Waals surface area (Å²) in [6.45, 7) is 2.37. The van der Waals surface area contributed by atoms with Gasteiger partial charge in [-0.25, -0.2) is 0 Å². The minimum atomic E-state index is 0.579. The van der Waals surface area contributed by atoms with Gasteiger partial charge in [0.15, 0.2) is 0 Å². The normalized spacial score (nSPS) is 31.7. The molecule has 0 unspecified atom stereocenters. The van der Waals surface area contributed by atoms with Gasteiger partial charge >= 0.3 is 0 Å². The molecule has 1 aliphatic rings. The van der Waals surface area contributed by atoms with E-state index in [0.717, 1.165) is 4.83 Å². The monoisotopic (exact) mass is 238 g/mol. The number of alkyl halides is 1. The second-order valence-corrected chi connectivity index (χ2v) is 5.42. The lowest BCUT2D eigenvalue weighted by atomic mass is 9.99. The van der Waals surface area contributed by atoms with Crippen molar-refractivity contribution in [3.8, 4) is 0 Å². The topological polar surface area (TPSA) is 0 Å². The molecule has 0 amide bonds. The molecule has 1 aromatic carbocycles. The van der Waals surface area contributed by atoms with E-state index in [1.807, 2.05) is 0 Å². The largest absolute Gasteiger partial charge is 0.0885 e. The van der Waals surface area contributed by atoms with Crippen LogP contribution in [-0.2, 0) is 6.42 Å². The molecule has 1 saturated carbocycles. The zero-order valence-corrected chi connectivity index (χ0v) is 9.55. The second-order valence-electron chi connectivity index (χ2n) is 4.31. The van der Waals surface area contributed by atoms with E-state index in [9.17, 15) is 0 Å². The number of halogens is 1. The Morgan fingerprint density at radius 3 is 2.54 bits per heavy atom. The molecule has 0 spiro atoms. The van der Waals surface area contributed by atoms with Crippen molar-refractivity contribution in [2.24, 2.45) is 5.41 Å². The van der Waals surface area contributed by atoms with Gasteiger partial charge in [0.1, 0.15) is 0 Å². The fourth-order valence-corrected chi connectivity index (χ4v) is 2.65. The minimum absolute atomic E-state index is 0.579. The summed E-state index contributed by atoms with van der Waals surface area (Å²) in [6.07, 6.45) is 3.88. The van der Waals surface area contributed by atoms with Crippen molar-refractivity contribution >= 4 is 15.9 Å². The third kappa shape index (κ3) is 2.14. The Balaban J connectivity index is 1.87. The molecule has 1 aliphatic carbocycles. The highest BCUT2D eigenvalue weighted by Gasteiger charge is 2.47. The van der Waals surface area contributed by atoms with E-state index in [2.05, 4.69) is 53.2 Å². The van der Waals surface area contributed by atoms with Crippen LogP contribution in [0.1, 0.15) is 25.3 Å². The number of rotatable bonds is 3. The summed E-state index contributed by atoms with van der Waals surface area (Å²) in [5.74, 6) is 0. The second kappa shape index (κ2) is 3.45. The van der Waals surface area contributed by atoms with E-state index in [0.29, 0.717) is 5.41 Å². The fraction of sp³-hybridized carbons (Fsp3) is 0.500. The molecule has 0 nitrogen and oxygen atoms in total. The maximum absolute atomic E-state index is 3.68. The van der Waals surface area contributed by atoms with Crippen LogP contribution in [0.4, 0.5) is 0 Å². The van der Waals surface area contributed by atoms with Crippen LogP contribution >= 0.6 is 15.9 Å². The molecule has 0 saturated heterocycles. The third-order valence-corrected chi connectivity index (χ3v) is 4.50. The molecule has 0 aromatic heterocycles. The molecule has 0 heterocycles. The summed E-state index contributed by atoms with van der Waals surface area (Å²) in [6, 6.07) is 10.8. The van der Waals surface area contributed by atoms with Crippen molar-refractivity contribution in [2.45, 2.75) is 31.0 Å². The van der Waals surface area contributed by atoms with E-state index in [1.165, 1.54) is 24.8 Å². The van der Waals surface area contributed by atoms with Gasteiger partial charge in [0, 0.05) is 4.83 Å². The minimum Gasteiger partial charge on any atom is -0.0885 e. The van der Waals surface area contributed by atoms with Gasteiger partial charge in [0.05, 0.1) is 0 Å². The first-order valence-electron chi connectivity index (χ1n) is 4.89. The van der Waals surface area contributed by atoms with Crippen LogP contribution in [0.25, 0.3) is 0 Å². The van der Waals surface area contributed by atoms with E-state index in [1.54, 1.807) is 0 Å². The first kappa shape index (κ1) is 9.26. The molecular formula is C12H15Br. The molecule has 0 N–H and O–H groups in total. The van der Waals surface area contributed by atoms with Crippen LogP contribution in [0.15, 0.2) is 30.3 Å². The zero-order valence-electron chi connectivity index (χ0n) is 7.96. The number of aryl methyl sites for hydroxylation is 1. The van der Waals surface area contributed by atoms with E-state index in [-0.39, 0.29) is 0 Å². The Kier molecular flexibility index (Phi) is 2.46. The van der Waals surface area contributed by atoms with Crippen LogP contribution in [0.2, 0.25) is 0 Å². The number of hydrogen-bond acceptors (Lipinski definition) is 0. The zero-order chi connectivity index (χ0) is 9.31. The lowest BCUT2D eigenvalue weighted by Gasteiger charge is -2.08. The standard InChI is InChI=1S/C12H15Br/c1-12(9-11(12)13)8-7-10-5-3-2-4-6-10/h2-6,11H,7-9H2,1H3/t11-,12-/m0/s1. The quantitative estimate of drug-likeness (QED) is 0.704. The molecule has 0 bridgehead atoms. The highest BCUT2D eigenvalue weighted by atomic mass is 79.9. The average molecular weight is 239 g/mol. The Morgan fingerprint density at radius 2 is 2.00 bits per heavy atom. The molecule has 1 fully saturated rings. The van der Waals surface area contributed by atoms with Crippen molar-refractivity contribution in [3.63, 3.8) is 0 Å². The van der Waals surface area contributed by atoms with Crippen molar-refractivity contribution in [1.82, 2.24) is 0 Å². The predicted octanol–water partition coefficient (Wildman–Crippen LogP) is 3.79. The van der Waals surface area contributed by atoms with Gasteiger partial charge in [-0.05, 0) is 30.2 Å². The van der Waals surface area contributed by atoms with E-state index in [4.69, 9.17) is 0 Å². The highest BCUT2D eigenvalue weighted by Crippen LogP contribution is 2.54. The average Bonchev–Trinajstić information content (AvgIpc) is 2.74. The van der Waals surface area contributed by atoms with Gasteiger partial charge in [-0.15, -0.1) is 0 Å². The molecule has 13 heavy (non-hydrogen) atoms. The Hall–Kier alpha value is -0.300. The molecule has 1 heteroatoms. The predicted molar refractivity (Wildman–Crippen MR) is 60.2 cm³/mol. The SMILES string of the molecule is C[C@]1(CCc2ccccc2)C[C@@H]1Br. The van der Waals surface area contributed by atoms with Gasteiger partial charge in [-0.2, -0.15) is 0 Å². The Bertz CT molecular complexity index is 280. The molecular weight excluding hydrogens is 224 g/mol. The molecule has 2 rings (SSSR count). The smallest absolute Gasteiger partial charge is 0.0205 e.